The lowest BCUT2D eigenvalue weighted by molar-refractivity contribution is 0.498. The minimum Gasteiger partial charge on any atom is -0.309 e. The second-order valence-corrected chi connectivity index (χ2v) is 13.2. The van der Waals surface area contributed by atoms with E-state index in [1.807, 2.05) is 0 Å². The zero-order chi connectivity index (χ0) is 30.0. The normalized spacial score (nSPS) is 13.4. The van der Waals surface area contributed by atoms with Crippen molar-refractivity contribution in [3.63, 3.8) is 0 Å². The zero-order valence-corrected chi connectivity index (χ0v) is 25.8. The van der Waals surface area contributed by atoms with Crippen LogP contribution in [-0.4, -0.2) is 9.13 Å². The molecule has 1 aliphatic rings. The highest BCUT2D eigenvalue weighted by atomic mass is 15.0. The average molecular weight is 569 g/mol. The van der Waals surface area contributed by atoms with Crippen molar-refractivity contribution in [3.8, 4) is 22.5 Å². The summed E-state index contributed by atoms with van der Waals surface area (Å²) in [5.74, 6) is 0. The van der Waals surface area contributed by atoms with Crippen molar-refractivity contribution in [1.29, 1.82) is 0 Å². The van der Waals surface area contributed by atoms with Gasteiger partial charge < -0.3 is 9.13 Å². The molecule has 7 aromatic rings. The highest BCUT2D eigenvalue weighted by molar-refractivity contribution is 6.09. The Bertz CT molecular complexity index is 2240. The summed E-state index contributed by atoms with van der Waals surface area (Å²) in [6.45, 7) is 9.16. The molecule has 1 aliphatic carbocycles. The molecule has 214 valence electrons. The Hall–Kier alpha value is -5.08. The third-order valence-corrected chi connectivity index (χ3v) is 9.19. The zero-order valence-electron chi connectivity index (χ0n) is 25.8. The number of aryl methyl sites for hydroxylation is 1. The van der Waals surface area contributed by atoms with Crippen LogP contribution in [-0.2, 0) is 0 Å². The van der Waals surface area contributed by atoms with Crippen LogP contribution in [0.3, 0.4) is 0 Å². The van der Waals surface area contributed by atoms with E-state index < -0.39 is 0 Å². The van der Waals surface area contributed by atoms with E-state index in [0.29, 0.717) is 0 Å². The van der Waals surface area contributed by atoms with Crippen LogP contribution in [0.1, 0.15) is 44.0 Å². The third kappa shape index (κ3) is 4.25. The number of allylic oxidation sites excluding steroid dienone is 2. The number of benzene rings is 5. The van der Waals surface area contributed by atoms with Crippen LogP contribution in [0.4, 0.5) is 0 Å². The van der Waals surface area contributed by atoms with Crippen LogP contribution >= 0.6 is 0 Å². The summed E-state index contributed by atoms with van der Waals surface area (Å²) in [4.78, 5) is 0. The van der Waals surface area contributed by atoms with Crippen LogP contribution < -0.4 is 0 Å². The molecule has 0 radical (unpaired) electrons. The van der Waals surface area contributed by atoms with Gasteiger partial charge in [-0.2, -0.15) is 0 Å². The maximum absolute atomic E-state index is 2.45. The first-order valence-electron chi connectivity index (χ1n) is 15.6. The molecule has 0 saturated carbocycles. The average Bonchev–Trinajstić information content (AvgIpc) is 3.42. The Morgan fingerprint density at radius 3 is 1.86 bits per heavy atom. The molecule has 0 amide bonds. The monoisotopic (exact) mass is 568 g/mol. The topological polar surface area (TPSA) is 9.86 Å². The van der Waals surface area contributed by atoms with Gasteiger partial charge in [-0.1, -0.05) is 111 Å². The van der Waals surface area contributed by atoms with Crippen molar-refractivity contribution in [2.24, 2.45) is 5.41 Å². The minimum absolute atomic E-state index is 0.118. The molecule has 0 bridgehead atoms. The van der Waals surface area contributed by atoms with Crippen molar-refractivity contribution in [2.75, 3.05) is 0 Å². The molecular weight excluding hydrogens is 532 g/mol. The van der Waals surface area contributed by atoms with Crippen LogP contribution in [0.2, 0.25) is 0 Å². The van der Waals surface area contributed by atoms with Crippen LogP contribution in [0, 0.1) is 12.3 Å². The summed E-state index contributed by atoms with van der Waals surface area (Å²) in [7, 11) is 0. The standard InChI is InChI=1S/C42H36N2/c1-28-23-30(29-13-11-15-32(25-29)43-38-19-8-5-16-34(38)35-17-6-9-20-39(35)43)26-33(24-28)44-40-21-10-7-18-36(40)37-27-31(42(2,3)4)14-12-22-41(37)44/h5-13,15-27H,14H2,1-4H3. The maximum atomic E-state index is 2.45. The third-order valence-electron chi connectivity index (χ3n) is 9.19. The number of nitrogens with zero attached hydrogens (tertiary/aromatic N) is 2. The predicted octanol–water partition coefficient (Wildman–Crippen LogP) is 11.5. The molecule has 0 aliphatic heterocycles. The van der Waals surface area contributed by atoms with Crippen LogP contribution in [0.15, 0.2) is 127 Å². The summed E-state index contributed by atoms with van der Waals surface area (Å²) < 4.78 is 4.85. The molecule has 2 nitrogen and oxygen atoms in total. The van der Waals surface area contributed by atoms with Crippen molar-refractivity contribution < 1.29 is 0 Å². The summed E-state index contributed by atoms with van der Waals surface area (Å²) in [6, 6.07) is 42.2. The molecule has 44 heavy (non-hydrogen) atoms. The van der Waals surface area contributed by atoms with E-state index in [4.69, 9.17) is 0 Å². The lowest BCUT2D eigenvalue weighted by Gasteiger charge is -2.21. The van der Waals surface area contributed by atoms with Gasteiger partial charge in [0.2, 0.25) is 0 Å². The van der Waals surface area contributed by atoms with Gasteiger partial charge in [0, 0.05) is 33.1 Å². The molecule has 0 N–H and O–H groups in total. The van der Waals surface area contributed by atoms with Gasteiger partial charge in [0.25, 0.3) is 0 Å². The minimum atomic E-state index is 0.118. The van der Waals surface area contributed by atoms with Gasteiger partial charge in [-0.15, -0.1) is 0 Å². The second kappa shape index (κ2) is 9.99. The number of hydrogen-bond acceptors (Lipinski definition) is 0. The summed E-state index contributed by atoms with van der Waals surface area (Å²) in [5.41, 5.74) is 13.9. The molecule has 0 saturated heterocycles. The first-order chi connectivity index (χ1) is 21.4. The van der Waals surface area contributed by atoms with Crippen LogP contribution in [0.5, 0.6) is 0 Å². The van der Waals surface area contributed by atoms with E-state index in [9.17, 15) is 0 Å². The van der Waals surface area contributed by atoms with Crippen molar-refractivity contribution >= 4 is 44.9 Å². The quantitative estimate of drug-likeness (QED) is 0.201. The maximum Gasteiger partial charge on any atom is 0.0541 e. The lowest BCUT2D eigenvalue weighted by atomic mass is 9.84. The number of rotatable bonds is 3. The Morgan fingerprint density at radius 2 is 1.18 bits per heavy atom. The Kier molecular flexibility index (Phi) is 6.03. The van der Waals surface area contributed by atoms with Gasteiger partial charge in [-0.3, -0.25) is 0 Å². The lowest BCUT2D eigenvalue weighted by Crippen LogP contribution is -2.08. The smallest absolute Gasteiger partial charge is 0.0541 e. The van der Waals surface area contributed by atoms with Crippen molar-refractivity contribution in [2.45, 2.75) is 34.1 Å². The fourth-order valence-corrected chi connectivity index (χ4v) is 7.02. The molecule has 0 atom stereocenters. The van der Waals surface area contributed by atoms with Crippen LogP contribution in [0.25, 0.3) is 67.4 Å². The summed E-state index contributed by atoms with van der Waals surface area (Å²) >= 11 is 0. The second-order valence-electron chi connectivity index (χ2n) is 13.2. The van der Waals surface area contributed by atoms with E-state index >= 15 is 0 Å². The Balaban J connectivity index is 1.31. The van der Waals surface area contributed by atoms with Crippen molar-refractivity contribution in [1.82, 2.24) is 9.13 Å². The summed E-state index contributed by atoms with van der Waals surface area (Å²) in [6.07, 6.45) is 8.08. The molecular formula is C42H36N2. The van der Waals surface area contributed by atoms with Gasteiger partial charge in [0.05, 0.1) is 22.2 Å². The van der Waals surface area contributed by atoms with Crippen molar-refractivity contribution in [3.05, 3.63) is 144 Å². The molecule has 5 aromatic carbocycles. The largest absolute Gasteiger partial charge is 0.309 e. The van der Waals surface area contributed by atoms with Gasteiger partial charge in [0.15, 0.2) is 0 Å². The van der Waals surface area contributed by atoms with E-state index in [-0.39, 0.29) is 5.41 Å². The molecule has 0 fully saturated rings. The molecule has 0 unspecified atom stereocenters. The fourth-order valence-electron chi connectivity index (χ4n) is 7.02. The Labute approximate surface area is 259 Å². The van der Waals surface area contributed by atoms with E-state index in [0.717, 1.165) is 6.42 Å². The first-order valence-corrected chi connectivity index (χ1v) is 15.6. The highest BCUT2D eigenvalue weighted by Crippen LogP contribution is 2.40. The molecule has 0 spiro atoms. The highest BCUT2D eigenvalue weighted by Gasteiger charge is 2.22. The molecule has 8 rings (SSSR count). The molecule has 2 aromatic heterocycles. The van der Waals surface area contributed by atoms with E-state index in [2.05, 4.69) is 170 Å². The summed E-state index contributed by atoms with van der Waals surface area (Å²) in [5, 5.41) is 3.86. The predicted molar refractivity (Wildman–Crippen MR) is 189 cm³/mol. The number of aromatic nitrogens is 2. The Morgan fingerprint density at radius 1 is 0.568 bits per heavy atom. The van der Waals surface area contributed by atoms with Gasteiger partial charge in [-0.05, 0) is 84.0 Å². The first kappa shape index (κ1) is 26.5. The molecule has 2 heteroatoms. The van der Waals surface area contributed by atoms with E-state index in [1.54, 1.807) is 0 Å². The van der Waals surface area contributed by atoms with E-state index in [1.165, 1.54) is 77.6 Å². The van der Waals surface area contributed by atoms with Gasteiger partial charge >= 0.3 is 0 Å². The van der Waals surface area contributed by atoms with Gasteiger partial charge in [-0.25, -0.2) is 0 Å². The number of hydrogen-bond donors (Lipinski definition) is 0. The fraction of sp³-hybridized carbons (Fsp3) is 0.143. The number of fused-ring (bicyclic) bond motifs is 6. The number of para-hydroxylation sites is 3. The molecule has 2 heterocycles. The SMILES string of the molecule is Cc1cc(-c2cccc(-n3c4ccccc4c4ccccc43)c2)cc(-n2c3c(c4ccccc42)C=C(C(C)(C)C)CC=C3)c1. The van der Waals surface area contributed by atoms with Gasteiger partial charge in [0.1, 0.15) is 0 Å².